The number of anilines is 1. The summed E-state index contributed by atoms with van der Waals surface area (Å²) in [5, 5.41) is 17.4. The maximum absolute atomic E-state index is 12.2. The molecule has 34 heavy (non-hydrogen) atoms. The van der Waals surface area contributed by atoms with Crippen LogP contribution in [0.5, 0.6) is 5.75 Å². The molecule has 2 rings (SSSR count). The average Bonchev–Trinajstić information content (AvgIpc) is 2.80. The maximum Gasteiger partial charge on any atom is 0.409 e. The molecule has 0 aliphatic carbocycles. The molecule has 0 spiro atoms. The van der Waals surface area contributed by atoms with Crippen molar-refractivity contribution in [2.75, 3.05) is 33.7 Å². The van der Waals surface area contributed by atoms with Crippen molar-refractivity contribution in [1.82, 2.24) is 5.32 Å². The van der Waals surface area contributed by atoms with Crippen molar-refractivity contribution < 1.29 is 28.8 Å². The van der Waals surface area contributed by atoms with Gasteiger partial charge in [0.25, 0.3) is 0 Å². The highest BCUT2D eigenvalue weighted by Gasteiger charge is 2.47. The molecular weight excluding hydrogens is 460 g/mol. The first kappa shape index (κ1) is 28.0. The molecule has 5 atom stereocenters. The molecule has 1 aliphatic rings. The lowest BCUT2D eigenvalue weighted by molar-refractivity contribution is -0.148. The Morgan fingerprint density at radius 2 is 2.06 bits per heavy atom. The van der Waals surface area contributed by atoms with E-state index in [4.69, 9.17) is 30.5 Å². The van der Waals surface area contributed by atoms with E-state index in [1.165, 1.54) is 7.11 Å². The van der Waals surface area contributed by atoms with Crippen LogP contribution in [0.4, 0.5) is 10.5 Å². The average molecular weight is 497 g/mol. The fourth-order valence-corrected chi connectivity index (χ4v) is 4.24. The van der Waals surface area contributed by atoms with Gasteiger partial charge >= 0.3 is 6.09 Å². The van der Waals surface area contributed by atoms with E-state index >= 15 is 0 Å². The van der Waals surface area contributed by atoms with Crippen molar-refractivity contribution in [3.63, 3.8) is 0 Å². The van der Waals surface area contributed by atoms with Crippen LogP contribution in [0.1, 0.15) is 32.8 Å². The van der Waals surface area contributed by atoms with Gasteiger partial charge in [0.1, 0.15) is 23.0 Å². The van der Waals surface area contributed by atoms with Crippen LogP contribution < -0.4 is 15.4 Å². The molecule has 1 saturated heterocycles. The minimum Gasteiger partial charge on any atom is -0.495 e. The van der Waals surface area contributed by atoms with E-state index in [0.29, 0.717) is 17.2 Å². The highest BCUT2D eigenvalue weighted by Crippen LogP contribution is 2.34. The molecule has 1 amide bonds. The third kappa shape index (κ3) is 6.88. The topological polar surface area (TPSA) is 98.3 Å². The standard InChI is InChI=1S/C25H37ClN2O6/c1-15(11-18-12-19(27-4)23(26)20(13-18)32-6)9-8-10-22(33-7)25(30)14-21(34-24(29)28-25)16(2)17(3)31-5/h8-10,12-13,16-17,21-22,27,30H,11,14H2,1-7H3,(H,28,29)/b10-8+,15-9+/t16-,17?,21-,22+,25-/m0/s1. The van der Waals surface area contributed by atoms with Crippen molar-refractivity contribution in [1.29, 1.82) is 0 Å². The van der Waals surface area contributed by atoms with E-state index in [1.54, 1.807) is 20.3 Å². The van der Waals surface area contributed by atoms with Crippen molar-refractivity contribution in [2.45, 2.75) is 57.6 Å². The van der Waals surface area contributed by atoms with Gasteiger partial charge in [-0.05, 0) is 38.0 Å². The van der Waals surface area contributed by atoms with E-state index in [2.05, 4.69) is 10.6 Å². The number of halogens is 1. The molecule has 1 fully saturated rings. The smallest absolute Gasteiger partial charge is 0.409 e. The first-order valence-electron chi connectivity index (χ1n) is 11.2. The second-order valence-electron chi connectivity index (χ2n) is 8.64. The molecule has 1 unspecified atom stereocenters. The third-order valence-corrected chi connectivity index (χ3v) is 6.64. The van der Waals surface area contributed by atoms with Gasteiger partial charge in [0, 0.05) is 33.6 Å². The van der Waals surface area contributed by atoms with Crippen LogP contribution in [0, 0.1) is 5.92 Å². The highest BCUT2D eigenvalue weighted by molar-refractivity contribution is 6.34. The number of allylic oxidation sites excluding steroid dienone is 3. The number of rotatable bonds is 11. The minimum atomic E-state index is -1.61. The Balaban J connectivity index is 2.15. The fourth-order valence-electron chi connectivity index (χ4n) is 3.96. The molecule has 0 aromatic heterocycles. The number of hydrogen-bond donors (Lipinski definition) is 3. The Morgan fingerprint density at radius 1 is 1.35 bits per heavy atom. The SMILES string of the molecule is CNc1cc(C/C(C)=C/C=C/[C@@H](OC)[C@@]2(O)C[C@@H]([C@@H](C)C(C)OC)OC(=O)N2)cc(OC)c1Cl. The first-order valence-corrected chi connectivity index (χ1v) is 11.6. The van der Waals surface area contributed by atoms with Crippen LogP contribution >= 0.6 is 11.6 Å². The van der Waals surface area contributed by atoms with Gasteiger partial charge in [0.15, 0.2) is 5.72 Å². The summed E-state index contributed by atoms with van der Waals surface area (Å²) in [6.45, 7) is 5.82. The number of benzene rings is 1. The number of aliphatic hydroxyl groups is 1. The molecule has 1 heterocycles. The number of carbonyl (C=O) groups is 1. The summed E-state index contributed by atoms with van der Waals surface area (Å²) in [6.07, 6.45) is 4.18. The zero-order valence-electron chi connectivity index (χ0n) is 21.0. The van der Waals surface area contributed by atoms with Crippen LogP contribution in [0.3, 0.4) is 0 Å². The Labute approximate surface area is 207 Å². The van der Waals surface area contributed by atoms with Gasteiger partial charge in [-0.2, -0.15) is 0 Å². The predicted molar refractivity (Wildman–Crippen MR) is 134 cm³/mol. The molecule has 1 aromatic carbocycles. The fraction of sp³-hybridized carbons (Fsp3) is 0.560. The summed E-state index contributed by atoms with van der Waals surface area (Å²) >= 11 is 6.31. The summed E-state index contributed by atoms with van der Waals surface area (Å²) in [6, 6.07) is 3.89. The zero-order valence-corrected chi connectivity index (χ0v) is 21.7. The summed E-state index contributed by atoms with van der Waals surface area (Å²) in [7, 11) is 6.48. The van der Waals surface area contributed by atoms with Crippen molar-refractivity contribution >= 4 is 23.4 Å². The Bertz CT molecular complexity index is 880. The van der Waals surface area contributed by atoms with Crippen LogP contribution in [-0.4, -0.2) is 63.6 Å². The molecule has 0 saturated carbocycles. The predicted octanol–water partition coefficient (Wildman–Crippen LogP) is 4.31. The van der Waals surface area contributed by atoms with Crippen LogP contribution in [0.2, 0.25) is 5.02 Å². The molecule has 1 aliphatic heterocycles. The molecule has 0 radical (unpaired) electrons. The Kier molecular flexibility index (Phi) is 10.2. The van der Waals surface area contributed by atoms with Crippen LogP contribution in [-0.2, 0) is 20.6 Å². The van der Waals surface area contributed by atoms with Crippen LogP contribution in [0.25, 0.3) is 0 Å². The Morgan fingerprint density at radius 3 is 2.65 bits per heavy atom. The van der Waals surface area contributed by atoms with E-state index in [9.17, 15) is 9.90 Å². The van der Waals surface area contributed by atoms with E-state index in [0.717, 1.165) is 16.8 Å². The summed E-state index contributed by atoms with van der Waals surface area (Å²) in [4.78, 5) is 12.2. The van der Waals surface area contributed by atoms with E-state index in [-0.39, 0.29) is 18.4 Å². The van der Waals surface area contributed by atoms with Gasteiger partial charge in [-0.3, -0.25) is 5.32 Å². The number of nitrogens with one attached hydrogen (secondary N) is 2. The van der Waals surface area contributed by atoms with Gasteiger partial charge < -0.3 is 29.4 Å². The monoisotopic (exact) mass is 496 g/mol. The number of alkyl carbamates (subject to hydrolysis) is 1. The number of cyclic esters (lactones) is 1. The molecule has 8 nitrogen and oxygen atoms in total. The second-order valence-corrected chi connectivity index (χ2v) is 9.02. The molecule has 9 heteroatoms. The quantitative estimate of drug-likeness (QED) is 0.393. The number of ether oxygens (including phenoxy) is 4. The van der Waals surface area contributed by atoms with Crippen molar-refractivity contribution in [3.05, 3.63) is 46.5 Å². The highest BCUT2D eigenvalue weighted by atomic mass is 35.5. The van der Waals surface area contributed by atoms with Gasteiger partial charge in [-0.1, -0.05) is 42.3 Å². The number of hydrogen-bond acceptors (Lipinski definition) is 7. The number of carbonyl (C=O) groups excluding carboxylic acids is 1. The lowest BCUT2D eigenvalue weighted by atomic mass is 9.88. The molecule has 1 aromatic rings. The molecule has 3 N–H and O–H groups in total. The van der Waals surface area contributed by atoms with Gasteiger partial charge in [-0.25, -0.2) is 4.79 Å². The first-order chi connectivity index (χ1) is 16.1. The van der Waals surface area contributed by atoms with Crippen molar-refractivity contribution in [2.24, 2.45) is 5.92 Å². The number of amides is 1. The van der Waals surface area contributed by atoms with Crippen LogP contribution in [0.15, 0.2) is 35.9 Å². The molecular formula is C25H37ClN2O6. The lowest BCUT2D eigenvalue weighted by Gasteiger charge is -2.42. The largest absolute Gasteiger partial charge is 0.495 e. The van der Waals surface area contributed by atoms with Crippen molar-refractivity contribution in [3.8, 4) is 5.75 Å². The van der Waals surface area contributed by atoms with Gasteiger partial charge in [-0.15, -0.1) is 0 Å². The van der Waals surface area contributed by atoms with E-state index in [1.807, 2.05) is 52.1 Å². The molecule has 190 valence electrons. The van der Waals surface area contributed by atoms with Gasteiger partial charge in [0.2, 0.25) is 0 Å². The lowest BCUT2D eigenvalue weighted by Crippen LogP contribution is -2.63. The van der Waals surface area contributed by atoms with E-state index < -0.39 is 24.0 Å². The third-order valence-electron chi connectivity index (χ3n) is 6.25. The minimum absolute atomic E-state index is 0.106. The maximum atomic E-state index is 12.2. The van der Waals surface area contributed by atoms with Gasteiger partial charge in [0.05, 0.1) is 18.9 Å². The molecule has 0 bridgehead atoms. The zero-order chi connectivity index (χ0) is 25.5. The Hall–Kier alpha value is -2.26. The summed E-state index contributed by atoms with van der Waals surface area (Å²) in [5.41, 5.74) is 1.29. The summed E-state index contributed by atoms with van der Waals surface area (Å²) < 4.78 is 21.7. The number of methoxy groups -OCH3 is 3. The summed E-state index contributed by atoms with van der Waals surface area (Å²) in [5.74, 6) is 0.500. The normalized spacial score (nSPS) is 23.7. The second kappa shape index (κ2) is 12.4.